The highest BCUT2D eigenvalue weighted by Crippen LogP contribution is 2.47. The van der Waals surface area contributed by atoms with E-state index in [1.807, 2.05) is 27.0 Å². The van der Waals surface area contributed by atoms with Crippen LogP contribution in [0.3, 0.4) is 0 Å². The summed E-state index contributed by atoms with van der Waals surface area (Å²) >= 11 is 1.61. The van der Waals surface area contributed by atoms with Gasteiger partial charge in [0, 0.05) is 18.0 Å². The molecule has 0 N–H and O–H groups in total. The van der Waals surface area contributed by atoms with Crippen molar-refractivity contribution in [3.63, 3.8) is 0 Å². The van der Waals surface area contributed by atoms with Gasteiger partial charge in [0.2, 0.25) is 0 Å². The summed E-state index contributed by atoms with van der Waals surface area (Å²) in [5, 5.41) is 11.4. The number of carbonyl (C=O) groups is 1. The quantitative estimate of drug-likeness (QED) is 0.225. The second-order valence-electron chi connectivity index (χ2n) is 11.3. The van der Waals surface area contributed by atoms with E-state index in [1.165, 1.54) is 12.8 Å². The van der Waals surface area contributed by atoms with Gasteiger partial charge in [0.05, 0.1) is 22.5 Å². The van der Waals surface area contributed by atoms with Crippen molar-refractivity contribution in [1.29, 1.82) is 0 Å². The highest BCUT2D eigenvalue weighted by Gasteiger charge is 2.48. The van der Waals surface area contributed by atoms with Crippen LogP contribution in [0, 0.1) is 6.92 Å². The number of hydrogen-bond acceptors (Lipinski definition) is 8. The Morgan fingerprint density at radius 1 is 1.10 bits per heavy atom. The Hall–Kier alpha value is -2.26. The summed E-state index contributed by atoms with van der Waals surface area (Å²) in [4.78, 5) is 25.5. The van der Waals surface area contributed by atoms with Crippen LogP contribution in [0.4, 0.5) is 0 Å². The zero-order valence-electron chi connectivity index (χ0n) is 25.8. The molecule has 1 saturated carbocycles. The third-order valence-corrected chi connectivity index (χ3v) is 9.34. The SMILES string of the molecule is C.CC.CCC.CSc1nc(-c2noc3c2CCC[C@@]32CCCCC2=O)nc2c1c(C)nn2[C@@H](C)[C@@H]1CCCN1C. The van der Waals surface area contributed by atoms with Crippen LogP contribution < -0.4 is 0 Å². The molecule has 3 aliphatic rings. The summed E-state index contributed by atoms with van der Waals surface area (Å²) in [6.45, 7) is 13.7. The van der Waals surface area contributed by atoms with Gasteiger partial charge in [-0.25, -0.2) is 14.6 Å². The Kier molecular flexibility index (Phi) is 11.6. The molecule has 3 atom stereocenters. The highest BCUT2D eigenvalue weighted by molar-refractivity contribution is 7.98. The molecular weight excluding hydrogens is 532 g/mol. The molecule has 2 fully saturated rings. The minimum Gasteiger partial charge on any atom is -0.359 e. The first-order chi connectivity index (χ1) is 19.4. The van der Waals surface area contributed by atoms with Crippen LogP contribution in [-0.4, -0.2) is 61.5 Å². The molecule has 2 aliphatic carbocycles. The van der Waals surface area contributed by atoms with E-state index < -0.39 is 5.41 Å². The minimum absolute atomic E-state index is 0. The molecule has 8 nitrogen and oxygen atoms in total. The predicted octanol–water partition coefficient (Wildman–Crippen LogP) is 7.96. The van der Waals surface area contributed by atoms with Gasteiger partial charge in [0.15, 0.2) is 22.9 Å². The summed E-state index contributed by atoms with van der Waals surface area (Å²) in [7, 11) is 2.20. The number of hydrogen-bond donors (Lipinski definition) is 0. The zero-order valence-corrected chi connectivity index (χ0v) is 26.7. The maximum Gasteiger partial charge on any atom is 0.185 e. The van der Waals surface area contributed by atoms with Crippen molar-refractivity contribution < 1.29 is 9.32 Å². The fraction of sp³-hybridized carbons (Fsp3) is 0.719. The van der Waals surface area contributed by atoms with Gasteiger partial charge in [0.1, 0.15) is 10.8 Å². The number of likely N-dealkylation sites (tertiary alicyclic amines) is 1. The van der Waals surface area contributed by atoms with E-state index in [4.69, 9.17) is 19.6 Å². The summed E-state index contributed by atoms with van der Waals surface area (Å²) in [5.74, 6) is 1.68. The molecule has 0 unspecified atom stereocenters. The number of thioether (sulfide) groups is 1. The Morgan fingerprint density at radius 2 is 1.80 bits per heavy atom. The van der Waals surface area contributed by atoms with Gasteiger partial charge < -0.3 is 9.42 Å². The summed E-state index contributed by atoms with van der Waals surface area (Å²) in [6.07, 6.45) is 11.9. The lowest BCUT2D eigenvalue weighted by Gasteiger charge is -2.36. The molecule has 1 aliphatic heterocycles. The largest absolute Gasteiger partial charge is 0.359 e. The van der Waals surface area contributed by atoms with Crippen molar-refractivity contribution in [2.45, 2.75) is 136 Å². The average molecular weight is 585 g/mol. The van der Waals surface area contributed by atoms with Gasteiger partial charge in [-0.15, -0.1) is 11.8 Å². The molecule has 6 rings (SSSR count). The lowest BCUT2D eigenvalue weighted by Crippen LogP contribution is -2.41. The van der Waals surface area contributed by atoms with Crippen LogP contribution in [0.25, 0.3) is 22.6 Å². The molecule has 0 radical (unpaired) electrons. The third-order valence-electron chi connectivity index (χ3n) is 8.66. The van der Waals surface area contributed by atoms with Crippen LogP contribution in [-0.2, 0) is 16.6 Å². The number of ketones is 1. The van der Waals surface area contributed by atoms with Crippen molar-refractivity contribution in [2.75, 3.05) is 19.8 Å². The van der Waals surface area contributed by atoms with Crippen LogP contribution in [0.1, 0.15) is 123 Å². The summed E-state index contributed by atoms with van der Waals surface area (Å²) < 4.78 is 8.08. The molecule has 3 aromatic heterocycles. The molecule has 41 heavy (non-hydrogen) atoms. The van der Waals surface area contributed by atoms with Gasteiger partial charge in [-0.3, -0.25) is 4.79 Å². The molecule has 9 heteroatoms. The molecule has 3 aromatic rings. The van der Waals surface area contributed by atoms with E-state index in [0.29, 0.717) is 29.8 Å². The normalized spacial score (nSPS) is 22.8. The number of Topliss-reactive ketones (excluding diaryl/α,β-unsaturated/α-hetero) is 1. The zero-order chi connectivity index (χ0) is 29.0. The standard InChI is InChI=1S/C26H34N6O2S.C3H8.C2H6.CH4/c1-15-20-24(32(29-15)16(2)18-10-8-14-31(18)3)27-23(28-25(20)35-4)21-17-9-7-13-26(22(17)34-30-21)12-6-5-11-19(26)33;1-3-2;1-2;/h16,18H,5-14H2,1-4H3;3H2,1-2H3;1-2H3;1H4/t16-,18-,26+;;;/m0.../s1. The minimum atomic E-state index is -0.497. The van der Waals surface area contributed by atoms with E-state index in [1.54, 1.807) is 11.8 Å². The van der Waals surface area contributed by atoms with Crippen LogP contribution in [0.2, 0.25) is 0 Å². The van der Waals surface area contributed by atoms with Crippen molar-refractivity contribution in [3.05, 3.63) is 17.0 Å². The number of rotatable bonds is 4. The molecule has 0 aromatic carbocycles. The second-order valence-corrected chi connectivity index (χ2v) is 12.1. The number of nitrogens with zero attached hydrogens (tertiary/aromatic N) is 6. The first-order valence-electron chi connectivity index (χ1n) is 15.4. The van der Waals surface area contributed by atoms with Crippen molar-refractivity contribution in [3.8, 4) is 11.5 Å². The van der Waals surface area contributed by atoms with E-state index >= 15 is 0 Å². The molecule has 228 valence electrons. The van der Waals surface area contributed by atoms with E-state index in [9.17, 15) is 4.79 Å². The fourth-order valence-electron chi connectivity index (χ4n) is 6.79. The number of aryl methyl sites for hydroxylation is 1. The third kappa shape index (κ3) is 5.99. The number of aromatic nitrogens is 5. The first-order valence-corrected chi connectivity index (χ1v) is 16.6. The molecule has 0 amide bonds. The first kappa shape index (κ1) is 33.2. The van der Waals surface area contributed by atoms with E-state index in [0.717, 1.165) is 84.6 Å². The van der Waals surface area contributed by atoms with Crippen LogP contribution >= 0.6 is 11.8 Å². The van der Waals surface area contributed by atoms with Gasteiger partial charge in [-0.2, -0.15) is 5.10 Å². The molecular formula is C32H52N6O2S. The van der Waals surface area contributed by atoms with Crippen molar-refractivity contribution in [1.82, 2.24) is 29.8 Å². The molecule has 1 saturated heterocycles. The topological polar surface area (TPSA) is 89.9 Å². The van der Waals surface area contributed by atoms with Gasteiger partial charge in [-0.05, 0) is 78.6 Å². The Bertz CT molecular complexity index is 1320. The second kappa shape index (κ2) is 14.3. The van der Waals surface area contributed by atoms with Crippen LogP contribution in [0.15, 0.2) is 9.55 Å². The molecule has 0 bridgehead atoms. The number of fused-ring (bicyclic) bond motifs is 3. The van der Waals surface area contributed by atoms with Crippen LogP contribution in [0.5, 0.6) is 0 Å². The van der Waals surface area contributed by atoms with Gasteiger partial charge in [0.25, 0.3) is 0 Å². The fourth-order valence-corrected chi connectivity index (χ4v) is 7.41. The van der Waals surface area contributed by atoms with E-state index in [2.05, 4.69) is 42.6 Å². The maximum atomic E-state index is 13.1. The van der Waals surface area contributed by atoms with Gasteiger partial charge in [-0.1, -0.05) is 53.1 Å². The van der Waals surface area contributed by atoms with E-state index in [-0.39, 0.29) is 13.5 Å². The summed E-state index contributed by atoms with van der Waals surface area (Å²) in [5.41, 5.74) is 3.05. The Morgan fingerprint density at radius 3 is 2.44 bits per heavy atom. The smallest absolute Gasteiger partial charge is 0.185 e. The summed E-state index contributed by atoms with van der Waals surface area (Å²) in [6, 6.07) is 0.635. The number of carbonyl (C=O) groups excluding carboxylic acids is 1. The maximum absolute atomic E-state index is 13.1. The lowest BCUT2D eigenvalue weighted by molar-refractivity contribution is -0.128. The lowest BCUT2D eigenvalue weighted by atomic mass is 9.64. The van der Waals surface area contributed by atoms with Crippen molar-refractivity contribution in [2.24, 2.45) is 0 Å². The van der Waals surface area contributed by atoms with Gasteiger partial charge >= 0.3 is 0 Å². The monoisotopic (exact) mass is 584 g/mol. The highest BCUT2D eigenvalue weighted by atomic mass is 32.2. The van der Waals surface area contributed by atoms with Crippen molar-refractivity contribution >= 4 is 28.6 Å². The average Bonchev–Trinajstić information content (AvgIpc) is 3.69. The predicted molar refractivity (Wildman–Crippen MR) is 170 cm³/mol. The number of likely N-dealkylation sites (N-methyl/N-ethyl adjacent to an activating group) is 1. The molecule has 4 heterocycles. The Balaban J connectivity index is 0.000000725. The molecule has 1 spiro atoms. The Labute approximate surface area is 251 Å².